The molecule has 0 aromatic rings. The van der Waals surface area contributed by atoms with Crippen LogP contribution in [0.1, 0.15) is 27.7 Å². The average molecular weight is 343 g/mol. The van der Waals surface area contributed by atoms with Crippen molar-refractivity contribution in [2.45, 2.75) is 39.2 Å². The number of amides is 1. The molecule has 3 atom stereocenters. The first-order valence-corrected chi connectivity index (χ1v) is 8.33. The predicted octanol–water partition coefficient (Wildman–Crippen LogP) is 0.872. The largest absolute Gasteiger partial charge is 0.461 e. The zero-order valence-corrected chi connectivity index (χ0v) is 14.4. The maximum absolute atomic E-state index is 12.3. The lowest BCUT2D eigenvalue weighted by molar-refractivity contribution is -0.158. The highest BCUT2D eigenvalue weighted by Gasteiger charge is 2.57. The first-order chi connectivity index (χ1) is 10.7. The summed E-state index contributed by atoms with van der Waals surface area (Å²) in [7, 11) is 0. The summed E-state index contributed by atoms with van der Waals surface area (Å²) in [4.78, 5) is 37.4. The minimum atomic E-state index is -0.808. The zero-order valence-electron chi connectivity index (χ0n) is 13.6. The third-order valence-electron chi connectivity index (χ3n) is 3.52. The Morgan fingerprint density at radius 1 is 1.30 bits per heavy atom. The number of thioether (sulfide) groups is 1. The number of aliphatic hydroxyl groups excluding tert-OH is 1. The summed E-state index contributed by atoms with van der Waals surface area (Å²) in [5.41, 5.74) is 0.129. The van der Waals surface area contributed by atoms with E-state index in [1.807, 2.05) is 13.8 Å². The van der Waals surface area contributed by atoms with Crippen LogP contribution in [-0.4, -0.2) is 52.5 Å². The van der Waals surface area contributed by atoms with Gasteiger partial charge >= 0.3 is 11.9 Å². The van der Waals surface area contributed by atoms with Crippen LogP contribution in [0.15, 0.2) is 10.6 Å². The molecule has 8 heteroatoms. The Bertz CT molecular complexity index is 556. The number of ether oxygens (including phenoxy) is 2. The zero-order chi connectivity index (χ0) is 17.3. The highest BCUT2D eigenvalue weighted by molar-refractivity contribution is 8.04. The highest BCUT2D eigenvalue weighted by atomic mass is 32.2. The van der Waals surface area contributed by atoms with Gasteiger partial charge in [-0.05, 0) is 12.8 Å². The predicted molar refractivity (Wildman–Crippen MR) is 82.9 cm³/mol. The van der Waals surface area contributed by atoms with Gasteiger partial charge in [0.15, 0.2) is 0 Å². The lowest BCUT2D eigenvalue weighted by Gasteiger charge is -2.43. The molecule has 0 bridgehead atoms. The summed E-state index contributed by atoms with van der Waals surface area (Å²) < 4.78 is 10.2. The van der Waals surface area contributed by atoms with Crippen LogP contribution in [0, 0.1) is 11.8 Å². The quantitative estimate of drug-likeness (QED) is 0.565. The molecule has 1 unspecified atom stereocenters. The van der Waals surface area contributed by atoms with Crippen LogP contribution in [0.5, 0.6) is 0 Å². The number of carbonyl (C=O) groups excluding carboxylic acids is 3. The third-order valence-corrected chi connectivity index (χ3v) is 4.86. The first-order valence-electron chi connectivity index (χ1n) is 7.45. The Morgan fingerprint density at radius 2 is 1.96 bits per heavy atom. The van der Waals surface area contributed by atoms with Gasteiger partial charge in [0.05, 0.1) is 23.5 Å². The molecule has 0 spiro atoms. The van der Waals surface area contributed by atoms with Gasteiger partial charge in [-0.25, -0.2) is 4.79 Å². The maximum atomic E-state index is 12.3. The highest BCUT2D eigenvalue weighted by Crippen LogP contribution is 2.50. The van der Waals surface area contributed by atoms with Crippen molar-refractivity contribution in [2.24, 2.45) is 11.8 Å². The summed E-state index contributed by atoms with van der Waals surface area (Å²) in [6.07, 6.45) is -0.808. The molecule has 2 rings (SSSR count). The van der Waals surface area contributed by atoms with E-state index in [1.54, 1.807) is 6.92 Å². The smallest absolute Gasteiger partial charge is 0.356 e. The number of nitrogens with zero attached hydrogens (tertiary/aromatic N) is 1. The van der Waals surface area contributed by atoms with Crippen LogP contribution < -0.4 is 0 Å². The molecule has 1 amide bonds. The fraction of sp³-hybridized carbons (Fsp3) is 0.667. The topological polar surface area (TPSA) is 93.1 Å². The van der Waals surface area contributed by atoms with Crippen LogP contribution in [0.4, 0.5) is 0 Å². The van der Waals surface area contributed by atoms with Gasteiger partial charge in [0, 0.05) is 6.92 Å². The molecule has 23 heavy (non-hydrogen) atoms. The minimum absolute atomic E-state index is 0.0844. The van der Waals surface area contributed by atoms with Gasteiger partial charge in [-0.1, -0.05) is 25.6 Å². The van der Waals surface area contributed by atoms with Crippen LogP contribution >= 0.6 is 11.8 Å². The van der Waals surface area contributed by atoms with Gasteiger partial charge in [-0.2, -0.15) is 0 Å². The van der Waals surface area contributed by atoms with Gasteiger partial charge in [-0.15, -0.1) is 0 Å². The van der Waals surface area contributed by atoms with Crippen molar-refractivity contribution in [2.75, 3.05) is 13.2 Å². The molecule has 2 aliphatic heterocycles. The van der Waals surface area contributed by atoms with Gasteiger partial charge < -0.3 is 14.6 Å². The van der Waals surface area contributed by atoms with E-state index in [0.717, 1.165) is 0 Å². The second-order valence-corrected chi connectivity index (χ2v) is 7.24. The molecule has 1 saturated heterocycles. The van der Waals surface area contributed by atoms with E-state index < -0.39 is 24.0 Å². The van der Waals surface area contributed by atoms with Crippen molar-refractivity contribution in [3.05, 3.63) is 10.6 Å². The number of aliphatic hydroxyl groups is 1. The van der Waals surface area contributed by atoms with E-state index in [-0.39, 0.29) is 36.1 Å². The average Bonchev–Trinajstić information content (AvgIpc) is 2.76. The van der Waals surface area contributed by atoms with E-state index in [0.29, 0.717) is 4.91 Å². The lowest BCUT2D eigenvalue weighted by Crippen LogP contribution is -2.60. The molecule has 0 saturated carbocycles. The molecular formula is C15H21NO6S. The van der Waals surface area contributed by atoms with Crippen LogP contribution in [0.3, 0.4) is 0 Å². The Kier molecular flexibility index (Phi) is 5.36. The van der Waals surface area contributed by atoms with Crippen LogP contribution in [-0.2, 0) is 23.9 Å². The van der Waals surface area contributed by atoms with Crippen molar-refractivity contribution < 1.29 is 29.0 Å². The molecule has 128 valence electrons. The van der Waals surface area contributed by atoms with Crippen molar-refractivity contribution in [3.8, 4) is 0 Å². The number of β-lactam (4-membered cyclic amide) rings is 1. The number of carbonyl (C=O) groups is 3. The number of hydrogen-bond donors (Lipinski definition) is 1. The number of esters is 2. The Balaban J connectivity index is 2.19. The van der Waals surface area contributed by atoms with E-state index in [1.165, 1.54) is 23.6 Å². The molecule has 7 nitrogen and oxygen atoms in total. The van der Waals surface area contributed by atoms with Crippen molar-refractivity contribution in [3.63, 3.8) is 0 Å². The molecule has 0 aromatic heterocycles. The summed E-state index contributed by atoms with van der Waals surface area (Å²) in [6.45, 7) is 6.79. The minimum Gasteiger partial charge on any atom is -0.461 e. The fourth-order valence-electron chi connectivity index (χ4n) is 2.42. The van der Waals surface area contributed by atoms with E-state index in [2.05, 4.69) is 0 Å². The lowest BCUT2D eigenvalue weighted by atomic mass is 9.92. The van der Waals surface area contributed by atoms with Gasteiger partial charge in [0.25, 0.3) is 0 Å². The normalized spacial score (nSPS) is 24.4. The molecule has 1 fully saturated rings. The van der Waals surface area contributed by atoms with Crippen molar-refractivity contribution >= 4 is 29.6 Å². The number of hydrogen-bond acceptors (Lipinski definition) is 7. The molecule has 0 aromatic carbocycles. The third kappa shape index (κ3) is 3.53. The number of rotatable bonds is 6. The van der Waals surface area contributed by atoms with Gasteiger partial charge in [0.1, 0.15) is 17.7 Å². The number of fused-ring (bicyclic) bond motifs is 1. The molecule has 2 aliphatic rings. The molecule has 0 aliphatic carbocycles. The molecular weight excluding hydrogens is 322 g/mol. The Hall–Kier alpha value is -1.54. The van der Waals surface area contributed by atoms with Gasteiger partial charge in [-0.3, -0.25) is 14.5 Å². The molecule has 0 radical (unpaired) electrons. The second kappa shape index (κ2) is 6.92. The second-order valence-electron chi connectivity index (χ2n) is 6.03. The van der Waals surface area contributed by atoms with E-state index >= 15 is 0 Å². The summed E-state index contributed by atoms with van der Waals surface area (Å²) in [5, 5.41) is 9.36. The molecule has 2 heterocycles. The standard InChI is InChI=1S/C15H21NO6S/c1-7(2)5-22-15(20)12-10(6-21-9(4)18)23-14-11(8(3)17)13(19)16(12)14/h7-8,11,14,17H,5-6H2,1-4H3/t8-,11+,14?/m1/s1. The fourth-order valence-corrected chi connectivity index (χ4v) is 3.94. The van der Waals surface area contributed by atoms with Crippen molar-refractivity contribution in [1.29, 1.82) is 0 Å². The van der Waals surface area contributed by atoms with E-state index in [9.17, 15) is 19.5 Å². The summed E-state index contributed by atoms with van der Waals surface area (Å²) >= 11 is 1.26. The van der Waals surface area contributed by atoms with E-state index in [4.69, 9.17) is 9.47 Å². The summed E-state index contributed by atoms with van der Waals surface area (Å²) in [6, 6.07) is 0. The monoisotopic (exact) mass is 343 g/mol. The van der Waals surface area contributed by atoms with Crippen LogP contribution in [0.2, 0.25) is 0 Å². The molecule has 1 N–H and O–H groups in total. The Morgan fingerprint density at radius 3 is 2.48 bits per heavy atom. The van der Waals surface area contributed by atoms with Gasteiger partial charge in [0.2, 0.25) is 5.91 Å². The first kappa shape index (κ1) is 17.8. The SMILES string of the molecule is CC(=O)OCC1=C(C(=O)OCC(C)C)N2C(=O)[C@H]([C@@H](C)O)C2S1. The van der Waals surface area contributed by atoms with Crippen LogP contribution in [0.25, 0.3) is 0 Å². The summed E-state index contributed by atoms with van der Waals surface area (Å²) in [5.74, 6) is -1.79. The van der Waals surface area contributed by atoms with Crippen molar-refractivity contribution in [1.82, 2.24) is 4.90 Å². The Labute approximate surface area is 139 Å². The maximum Gasteiger partial charge on any atom is 0.356 e.